The summed E-state index contributed by atoms with van der Waals surface area (Å²) in [4.78, 5) is 0. The van der Waals surface area contributed by atoms with Crippen molar-refractivity contribution < 1.29 is 4.74 Å². The van der Waals surface area contributed by atoms with Crippen LogP contribution < -0.4 is 10.5 Å². The maximum Gasteiger partial charge on any atom is 0.127 e. The molecule has 0 amide bonds. The van der Waals surface area contributed by atoms with E-state index in [4.69, 9.17) is 10.5 Å². The zero-order chi connectivity index (χ0) is 11.4. The molecule has 15 heavy (non-hydrogen) atoms. The fourth-order valence-corrected chi connectivity index (χ4v) is 1.77. The van der Waals surface area contributed by atoms with Crippen molar-refractivity contribution in [2.45, 2.75) is 40.2 Å². The first-order chi connectivity index (χ1) is 7.07. The van der Waals surface area contributed by atoms with Crippen LogP contribution in [-0.2, 0) is 0 Å². The van der Waals surface area contributed by atoms with Gasteiger partial charge in [-0.15, -0.1) is 0 Å². The van der Waals surface area contributed by atoms with E-state index in [1.807, 2.05) is 6.92 Å². The van der Waals surface area contributed by atoms with Gasteiger partial charge in [-0.05, 0) is 38.3 Å². The van der Waals surface area contributed by atoms with E-state index in [2.05, 4.69) is 32.9 Å². The Morgan fingerprint density at radius 3 is 2.40 bits per heavy atom. The van der Waals surface area contributed by atoms with Gasteiger partial charge in [0.15, 0.2) is 0 Å². The Morgan fingerprint density at radius 2 is 1.87 bits per heavy atom. The summed E-state index contributed by atoms with van der Waals surface area (Å²) in [7, 11) is 0. The van der Waals surface area contributed by atoms with Crippen LogP contribution in [0.2, 0.25) is 0 Å². The van der Waals surface area contributed by atoms with E-state index in [1.54, 1.807) is 0 Å². The molecule has 0 fully saturated rings. The van der Waals surface area contributed by atoms with Gasteiger partial charge in [0, 0.05) is 11.6 Å². The monoisotopic (exact) mass is 207 g/mol. The molecule has 0 aliphatic heterocycles. The normalized spacial score (nSPS) is 12.6. The minimum atomic E-state index is 0.0248. The Kier molecular flexibility index (Phi) is 4.15. The number of nitrogens with two attached hydrogens (primary N) is 1. The molecule has 0 aliphatic rings. The van der Waals surface area contributed by atoms with Crippen LogP contribution in [0.5, 0.6) is 5.75 Å². The minimum Gasteiger partial charge on any atom is -0.493 e. The van der Waals surface area contributed by atoms with Gasteiger partial charge in [0.25, 0.3) is 0 Å². The maximum absolute atomic E-state index is 5.98. The van der Waals surface area contributed by atoms with Crippen molar-refractivity contribution in [3.05, 3.63) is 28.8 Å². The molecule has 2 nitrogen and oxygen atoms in total. The van der Waals surface area contributed by atoms with Crippen LogP contribution >= 0.6 is 0 Å². The van der Waals surface area contributed by atoms with E-state index < -0.39 is 0 Å². The van der Waals surface area contributed by atoms with Crippen molar-refractivity contribution in [2.24, 2.45) is 5.73 Å². The van der Waals surface area contributed by atoms with Crippen molar-refractivity contribution in [3.63, 3.8) is 0 Å². The summed E-state index contributed by atoms with van der Waals surface area (Å²) in [5, 5.41) is 0. The highest BCUT2D eigenvalue weighted by atomic mass is 16.5. The molecular weight excluding hydrogens is 186 g/mol. The lowest BCUT2D eigenvalue weighted by atomic mass is 9.99. The number of aryl methyl sites for hydroxylation is 2. The molecule has 0 bridgehead atoms. The number of rotatable bonds is 4. The third-order valence-electron chi connectivity index (χ3n) is 2.52. The van der Waals surface area contributed by atoms with Crippen molar-refractivity contribution in [2.75, 3.05) is 6.61 Å². The summed E-state index contributed by atoms with van der Waals surface area (Å²) < 4.78 is 5.78. The van der Waals surface area contributed by atoms with Crippen LogP contribution in [0, 0.1) is 13.8 Å². The second kappa shape index (κ2) is 5.17. The minimum absolute atomic E-state index is 0.0248. The number of hydrogen-bond donors (Lipinski definition) is 1. The molecule has 1 aromatic carbocycles. The van der Waals surface area contributed by atoms with Crippen LogP contribution in [0.4, 0.5) is 0 Å². The molecule has 2 N–H and O–H groups in total. The van der Waals surface area contributed by atoms with Gasteiger partial charge in [-0.25, -0.2) is 0 Å². The topological polar surface area (TPSA) is 35.2 Å². The van der Waals surface area contributed by atoms with Crippen LogP contribution in [0.25, 0.3) is 0 Å². The summed E-state index contributed by atoms with van der Waals surface area (Å²) >= 11 is 0. The molecule has 1 aromatic rings. The Balaban J connectivity index is 3.13. The number of benzene rings is 1. The maximum atomic E-state index is 5.98. The van der Waals surface area contributed by atoms with Gasteiger partial charge < -0.3 is 10.5 Å². The summed E-state index contributed by atoms with van der Waals surface area (Å²) in [6, 6.07) is 4.22. The number of hydrogen-bond acceptors (Lipinski definition) is 2. The molecule has 0 saturated heterocycles. The Morgan fingerprint density at radius 1 is 1.27 bits per heavy atom. The van der Waals surface area contributed by atoms with Crippen LogP contribution in [0.15, 0.2) is 12.1 Å². The molecule has 0 heterocycles. The first-order valence-corrected chi connectivity index (χ1v) is 5.56. The van der Waals surface area contributed by atoms with E-state index in [-0.39, 0.29) is 6.04 Å². The molecular formula is C13H21NO. The van der Waals surface area contributed by atoms with Crippen molar-refractivity contribution >= 4 is 0 Å². The Hall–Kier alpha value is -1.02. The van der Waals surface area contributed by atoms with Crippen molar-refractivity contribution in [3.8, 4) is 5.75 Å². The average Bonchev–Trinajstić information content (AvgIpc) is 2.18. The molecule has 0 aromatic heterocycles. The molecule has 0 aliphatic carbocycles. The second-order valence-electron chi connectivity index (χ2n) is 4.08. The molecule has 1 unspecified atom stereocenters. The van der Waals surface area contributed by atoms with E-state index in [9.17, 15) is 0 Å². The fourth-order valence-electron chi connectivity index (χ4n) is 1.77. The van der Waals surface area contributed by atoms with Crippen LogP contribution in [-0.4, -0.2) is 6.61 Å². The predicted octanol–water partition coefficient (Wildman–Crippen LogP) is 3.11. The second-order valence-corrected chi connectivity index (χ2v) is 4.08. The summed E-state index contributed by atoms with van der Waals surface area (Å²) in [5.41, 5.74) is 9.50. The fraction of sp³-hybridized carbons (Fsp3) is 0.538. The first kappa shape index (κ1) is 12.1. The molecule has 2 heteroatoms. The van der Waals surface area contributed by atoms with Gasteiger partial charge in [0.1, 0.15) is 5.75 Å². The van der Waals surface area contributed by atoms with E-state index in [1.165, 1.54) is 11.1 Å². The van der Waals surface area contributed by atoms with E-state index in [0.29, 0.717) is 0 Å². The van der Waals surface area contributed by atoms with Gasteiger partial charge in [-0.3, -0.25) is 0 Å². The zero-order valence-corrected chi connectivity index (χ0v) is 10.1. The molecule has 1 rings (SSSR count). The predicted molar refractivity (Wildman–Crippen MR) is 64.3 cm³/mol. The first-order valence-electron chi connectivity index (χ1n) is 5.56. The number of ether oxygens (including phenoxy) is 1. The van der Waals surface area contributed by atoms with Gasteiger partial charge in [-0.2, -0.15) is 0 Å². The van der Waals surface area contributed by atoms with Crippen molar-refractivity contribution in [1.82, 2.24) is 0 Å². The third-order valence-corrected chi connectivity index (χ3v) is 2.52. The van der Waals surface area contributed by atoms with Crippen LogP contribution in [0.1, 0.15) is 43.0 Å². The molecule has 84 valence electrons. The van der Waals surface area contributed by atoms with Gasteiger partial charge in [0.05, 0.1) is 6.61 Å². The van der Waals surface area contributed by atoms with Crippen LogP contribution in [0.3, 0.4) is 0 Å². The quantitative estimate of drug-likeness (QED) is 0.823. The van der Waals surface area contributed by atoms with E-state index >= 15 is 0 Å². The lowest BCUT2D eigenvalue weighted by molar-refractivity contribution is 0.310. The third kappa shape index (κ3) is 2.72. The Labute approximate surface area is 92.4 Å². The molecule has 1 atom stereocenters. The molecule has 0 spiro atoms. The molecule has 0 radical (unpaired) electrons. The van der Waals surface area contributed by atoms with E-state index in [0.717, 1.165) is 24.3 Å². The van der Waals surface area contributed by atoms with Gasteiger partial charge in [-0.1, -0.05) is 19.1 Å². The summed E-state index contributed by atoms with van der Waals surface area (Å²) in [6.07, 6.45) is 1.02. The highest BCUT2D eigenvalue weighted by Crippen LogP contribution is 2.30. The largest absolute Gasteiger partial charge is 0.493 e. The van der Waals surface area contributed by atoms with Gasteiger partial charge >= 0.3 is 0 Å². The highest BCUT2D eigenvalue weighted by Gasteiger charge is 2.13. The smallest absolute Gasteiger partial charge is 0.127 e. The summed E-state index contributed by atoms with van der Waals surface area (Å²) in [5.74, 6) is 0.979. The standard InChI is InChI=1S/C13H21NO/c1-5-8-15-13-10(3)7-6-9(2)12(13)11(4)14/h6-7,11H,5,8,14H2,1-4H3. The lowest BCUT2D eigenvalue weighted by Crippen LogP contribution is -2.11. The zero-order valence-electron chi connectivity index (χ0n) is 10.1. The SMILES string of the molecule is CCCOc1c(C)ccc(C)c1C(C)N. The highest BCUT2D eigenvalue weighted by molar-refractivity contribution is 5.47. The average molecular weight is 207 g/mol. The molecule has 0 saturated carbocycles. The van der Waals surface area contributed by atoms with Gasteiger partial charge in [0.2, 0.25) is 0 Å². The summed E-state index contributed by atoms with van der Waals surface area (Å²) in [6.45, 7) is 9.01. The van der Waals surface area contributed by atoms with Crippen molar-refractivity contribution in [1.29, 1.82) is 0 Å². The lowest BCUT2D eigenvalue weighted by Gasteiger charge is -2.18. The Bertz CT molecular complexity index is 332.